The van der Waals surface area contributed by atoms with Crippen LogP contribution < -0.4 is 10.7 Å². The monoisotopic (exact) mass is 391 g/mol. The van der Waals surface area contributed by atoms with Gasteiger partial charge in [0.25, 0.3) is 0 Å². The van der Waals surface area contributed by atoms with E-state index in [4.69, 9.17) is 4.42 Å². The number of hydrogen-bond donors (Lipinski definition) is 1. The Balaban J connectivity index is 1.25. The van der Waals surface area contributed by atoms with Crippen LogP contribution in [0.25, 0.3) is 11.1 Å². The summed E-state index contributed by atoms with van der Waals surface area (Å²) in [4.78, 5) is 31.5. The smallest absolute Gasteiger partial charge is 0.406 e. The normalized spacial score (nSPS) is 18.2. The SMILES string of the molecule is O=C(CC(c1ccccc1)C1CC1)N1CCN(c2cccc3[nH]c(=O)oc23)CC1. The van der Waals surface area contributed by atoms with Crippen molar-refractivity contribution in [1.82, 2.24) is 9.88 Å². The molecule has 3 aromatic rings. The largest absolute Gasteiger partial charge is 0.417 e. The Bertz CT molecular complexity index is 1060. The molecule has 6 heteroatoms. The molecule has 1 saturated heterocycles. The molecule has 2 heterocycles. The van der Waals surface area contributed by atoms with Crippen molar-refractivity contribution >= 4 is 22.7 Å². The summed E-state index contributed by atoms with van der Waals surface area (Å²) in [6, 6.07) is 16.2. The number of carbonyl (C=O) groups is 1. The number of benzene rings is 2. The molecular weight excluding hydrogens is 366 g/mol. The van der Waals surface area contributed by atoms with Gasteiger partial charge >= 0.3 is 5.76 Å². The van der Waals surface area contributed by atoms with Crippen LogP contribution in [-0.2, 0) is 4.79 Å². The average Bonchev–Trinajstić information content (AvgIpc) is 3.52. The van der Waals surface area contributed by atoms with E-state index >= 15 is 0 Å². The molecule has 0 bridgehead atoms. The first kappa shape index (κ1) is 18.0. The van der Waals surface area contributed by atoms with Crippen molar-refractivity contribution in [2.24, 2.45) is 5.92 Å². The number of carbonyl (C=O) groups excluding carboxylic acids is 1. The van der Waals surface area contributed by atoms with Crippen molar-refractivity contribution in [2.75, 3.05) is 31.1 Å². The first-order chi connectivity index (χ1) is 14.2. The maximum Gasteiger partial charge on any atom is 0.417 e. The van der Waals surface area contributed by atoms with Gasteiger partial charge in [-0.05, 0) is 42.4 Å². The number of aromatic nitrogens is 1. The molecule has 1 N–H and O–H groups in total. The highest BCUT2D eigenvalue weighted by Gasteiger charge is 2.35. The minimum absolute atomic E-state index is 0.247. The molecule has 1 aliphatic heterocycles. The summed E-state index contributed by atoms with van der Waals surface area (Å²) in [5.74, 6) is 0.798. The van der Waals surface area contributed by atoms with Crippen LogP contribution in [0.15, 0.2) is 57.7 Å². The van der Waals surface area contributed by atoms with E-state index in [-0.39, 0.29) is 5.91 Å². The number of fused-ring (bicyclic) bond motifs is 1. The molecule has 0 radical (unpaired) electrons. The van der Waals surface area contributed by atoms with Gasteiger partial charge in [0.1, 0.15) is 0 Å². The summed E-state index contributed by atoms with van der Waals surface area (Å²) in [7, 11) is 0. The Morgan fingerprint density at radius 1 is 1.03 bits per heavy atom. The molecule has 6 nitrogen and oxygen atoms in total. The van der Waals surface area contributed by atoms with E-state index in [1.165, 1.54) is 18.4 Å². The summed E-state index contributed by atoms with van der Waals surface area (Å²) in [5.41, 5.74) is 3.50. The Labute approximate surface area is 169 Å². The van der Waals surface area contributed by atoms with Gasteiger partial charge in [-0.15, -0.1) is 0 Å². The highest BCUT2D eigenvalue weighted by molar-refractivity contribution is 5.86. The molecule has 29 heavy (non-hydrogen) atoms. The van der Waals surface area contributed by atoms with Gasteiger partial charge in [0.2, 0.25) is 5.91 Å². The number of amides is 1. The fourth-order valence-corrected chi connectivity index (χ4v) is 4.48. The zero-order valence-corrected chi connectivity index (χ0v) is 16.3. The topological polar surface area (TPSA) is 69.6 Å². The Hall–Kier alpha value is -3.02. The van der Waals surface area contributed by atoms with Crippen molar-refractivity contribution in [1.29, 1.82) is 0 Å². The zero-order chi connectivity index (χ0) is 19.8. The van der Waals surface area contributed by atoms with Gasteiger partial charge in [0, 0.05) is 32.6 Å². The van der Waals surface area contributed by atoms with E-state index in [0.717, 1.165) is 18.8 Å². The van der Waals surface area contributed by atoms with Crippen molar-refractivity contribution in [3.63, 3.8) is 0 Å². The minimum Gasteiger partial charge on any atom is -0.406 e. The predicted octanol–water partition coefficient (Wildman–Crippen LogP) is 3.35. The van der Waals surface area contributed by atoms with Gasteiger partial charge in [-0.1, -0.05) is 36.4 Å². The summed E-state index contributed by atoms with van der Waals surface area (Å²) < 4.78 is 5.33. The lowest BCUT2D eigenvalue weighted by atomic mass is 9.90. The molecule has 1 atom stereocenters. The first-order valence-electron chi connectivity index (χ1n) is 10.4. The lowest BCUT2D eigenvalue weighted by molar-refractivity contribution is -0.132. The van der Waals surface area contributed by atoms with E-state index in [1.807, 2.05) is 29.2 Å². The number of H-pyrrole nitrogens is 1. The summed E-state index contributed by atoms with van der Waals surface area (Å²) in [6.07, 6.45) is 3.05. The molecule has 1 aliphatic carbocycles. The van der Waals surface area contributed by atoms with Gasteiger partial charge in [0.15, 0.2) is 5.58 Å². The van der Waals surface area contributed by atoms with E-state index in [1.54, 1.807) is 0 Å². The molecule has 1 unspecified atom stereocenters. The first-order valence-corrected chi connectivity index (χ1v) is 10.4. The third kappa shape index (κ3) is 3.67. The number of oxazole rings is 1. The Morgan fingerprint density at radius 3 is 2.52 bits per heavy atom. The molecule has 1 amide bonds. The van der Waals surface area contributed by atoms with E-state index in [0.29, 0.717) is 42.4 Å². The Kier molecular flexibility index (Phi) is 4.62. The maximum atomic E-state index is 13.0. The number of rotatable bonds is 5. The van der Waals surface area contributed by atoms with Gasteiger partial charge in [-0.25, -0.2) is 4.79 Å². The summed E-state index contributed by atoms with van der Waals surface area (Å²) >= 11 is 0. The molecule has 2 fully saturated rings. The van der Waals surface area contributed by atoms with Crippen LogP contribution in [0.2, 0.25) is 0 Å². The number of nitrogens with one attached hydrogen (secondary N) is 1. The lowest BCUT2D eigenvalue weighted by Crippen LogP contribution is -2.49. The number of aromatic amines is 1. The number of hydrogen-bond acceptors (Lipinski definition) is 4. The Morgan fingerprint density at radius 2 is 1.79 bits per heavy atom. The maximum absolute atomic E-state index is 13.0. The second kappa shape index (κ2) is 7.43. The fraction of sp³-hybridized carbons (Fsp3) is 0.391. The molecule has 150 valence electrons. The predicted molar refractivity (Wildman–Crippen MR) is 112 cm³/mol. The van der Waals surface area contributed by atoms with Crippen LogP contribution in [0.4, 0.5) is 5.69 Å². The molecule has 1 saturated carbocycles. The second-order valence-electron chi connectivity index (χ2n) is 8.09. The number of anilines is 1. The molecular formula is C23H25N3O3. The van der Waals surface area contributed by atoms with Crippen LogP contribution >= 0.6 is 0 Å². The highest BCUT2D eigenvalue weighted by Crippen LogP contribution is 2.44. The third-order valence-electron chi connectivity index (χ3n) is 6.21. The number of nitrogens with zero attached hydrogens (tertiary/aromatic N) is 2. The molecule has 1 aromatic heterocycles. The van der Waals surface area contributed by atoms with Gasteiger partial charge in [-0.3, -0.25) is 9.78 Å². The van der Waals surface area contributed by atoms with Gasteiger partial charge < -0.3 is 14.2 Å². The van der Waals surface area contributed by atoms with Crippen molar-refractivity contribution in [3.8, 4) is 0 Å². The van der Waals surface area contributed by atoms with E-state index in [2.05, 4.69) is 34.1 Å². The zero-order valence-electron chi connectivity index (χ0n) is 16.3. The number of piperazine rings is 1. The van der Waals surface area contributed by atoms with Crippen molar-refractivity contribution < 1.29 is 9.21 Å². The van der Waals surface area contributed by atoms with E-state index < -0.39 is 5.76 Å². The van der Waals surface area contributed by atoms with Crippen molar-refractivity contribution in [3.05, 3.63) is 64.6 Å². The molecule has 2 aromatic carbocycles. The minimum atomic E-state index is -0.437. The molecule has 2 aliphatic rings. The number of para-hydroxylation sites is 1. The standard InChI is InChI=1S/C23H25N3O3/c27-21(15-18(17-9-10-17)16-5-2-1-3-6-16)26-13-11-25(12-14-26)20-8-4-7-19-22(20)29-23(28)24-19/h1-8,17-18H,9-15H2,(H,24,28). The van der Waals surface area contributed by atoms with Crippen molar-refractivity contribution in [2.45, 2.75) is 25.2 Å². The molecule has 5 rings (SSSR count). The summed E-state index contributed by atoms with van der Waals surface area (Å²) in [5, 5.41) is 0. The van der Waals surface area contributed by atoms with E-state index in [9.17, 15) is 9.59 Å². The van der Waals surface area contributed by atoms with Crippen LogP contribution in [0, 0.1) is 5.92 Å². The second-order valence-corrected chi connectivity index (χ2v) is 8.09. The lowest BCUT2D eigenvalue weighted by Gasteiger charge is -2.36. The molecule has 0 spiro atoms. The summed E-state index contributed by atoms with van der Waals surface area (Å²) in [6.45, 7) is 2.85. The average molecular weight is 391 g/mol. The van der Waals surface area contributed by atoms with Crippen LogP contribution in [0.1, 0.15) is 30.7 Å². The van der Waals surface area contributed by atoms with Crippen LogP contribution in [0.5, 0.6) is 0 Å². The highest BCUT2D eigenvalue weighted by atomic mass is 16.4. The van der Waals surface area contributed by atoms with Crippen LogP contribution in [0.3, 0.4) is 0 Å². The third-order valence-corrected chi connectivity index (χ3v) is 6.21. The van der Waals surface area contributed by atoms with Gasteiger partial charge in [0.05, 0.1) is 11.2 Å². The fourth-order valence-electron chi connectivity index (χ4n) is 4.48. The van der Waals surface area contributed by atoms with Gasteiger partial charge in [-0.2, -0.15) is 0 Å². The van der Waals surface area contributed by atoms with Crippen LogP contribution in [-0.4, -0.2) is 42.0 Å². The quantitative estimate of drug-likeness (QED) is 0.724.